The van der Waals surface area contributed by atoms with Crippen LogP contribution in [0.15, 0.2) is 42.5 Å². The van der Waals surface area contributed by atoms with Crippen LogP contribution in [0.2, 0.25) is 5.02 Å². The molecule has 2 N–H and O–H groups in total. The lowest BCUT2D eigenvalue weighted by molar-refractivity contribution is 0.0729. The van der Waals surface area contributed by atoms with Crippen molar-refractivity contribution in [2.45, 2.75) is 32.4 Å². The number of esters is 1. The molecule has 2 atom stereocenters. The number of carbonyl (C=O) groups is 2. The maximum atomic E-state index is 13.0. The summed E-state index contributed by atoms with van der Waals surface area (Å²) >= 11 is 7.57. The second kappa shape index (κ2) is 8.72. The second-order valence-corrected chi connectivity index (χ2v) is 9.96. The van der Waals surface area contributed by atoms with Gasteiger partial charge in [-0.15, -0.1) is 11.3 Å². The third kappa shape index (κ3) is 4.18. The number of ether oxygens (including phenoxy) is 2. The third-order valence-corrected chi connectivity index (χ3v) is 7.53. The number of halogens is 1. The zero-order valence-electron chi connectivity index (χ0n) is 18.2. The molecule has 1 amide bonds. The predicted molar refractivity (Wildman–Crippen MR) is 129 cm³/mol. The van der Waals surface area contributed by atoms with Crippen LogP contribution in [0.5, 0.6) is 11.5 Å². The molecule has 0 saturated heterocycles. The van der Waals surface area contributed by atoms with E-state index in [0.717, 1.165) is 35.4 Å². The third-order valence-electron chi connectivity index (χ3n) is 6.09. The summed E-state index contributed by atoms with van der Waals surface area (Å²) in [6.45, 7) is 2.26. The summed E-state index contributed by atoms with van der Waals surface area (Å²) in [6, 6.07) is 11.7. The first kappa shape index (κ1) is 21.8. The summed E-state index contributed by atoms with van der Waals surface area (Å²) in [5.41, 5.74) is 3.17. The Morgan fingerprint density at radius 2 is 1.91 bits per heavy atom. The first-order valence-electron chi connectivity index (χ1n) is 10.8. The fourth-order valence-corrected chi connectivity index (χ4v) is 5.88. The van der Waals surface area contributed by atoms with Crippen molar-refractivity contribution < 1.29 is 19.1 Å². The predicted octanol–water partition coefficient (Wildman–Crippen LogP) is 5.61. The molecule has 0 bridgehead atoms. The molecule has 170 valence electrons. The Kier molecular flexibility index (Phi) is 5.76. The van der Waals surface area contributed by atoms with Crippen LogP contribution in [0, 0.1) is 5.92 Å². The van der Waals surface area contributed by atoms with Crippen molar-refractivity contribution in [2.24, 2.45) is 5.92 Å². The molecule has 1 aliphatic heterocycles. The molecule has 1 aromatic heterocycles. The zero-order valence-corrected chi connectivity index (χ0v) is 19.8. The van der Waals surface area contributed by atoms with E-state index in [1.807, 2.05) is 6.07 Å². The van der Waals surface area contributed by atoms with E-state index in [9.17, 15) is 9.59 Å². The lowest BCUT2D eigenvalue weighted by atomic mass is 9.88. The quantitative estimate of drug-likeness (QED) is 0.373. The van der Waals surface area contributed by atoms with Gasteiger partial charge in [-0.1, -0.05) is 24.6 Å². The van der Waals surface area contributed by atoms with Gasteiger partial charge in [0.1, 0.15) is 11.2 Å². The Labute approximate surface area is 200 Å². The van der Waals surface area contributed by atoms with Crippen molar-refractivity contribution in [2.75, 3.05) is 12.4 Å². The lowest BCUT2D eigenvalue weighted by Gasteiger charge is -2.27. The summed E-state index contributed by atoms with van der Waals surface area (Å²) in [5, 5.41) is 7.99. The molecule has 2 aromatic carbocycles. The van der Waals surface area contributed by atoms with Gasteiger partial charge in [-0.3, -0.25) is 4.79 Å². The van der Waals surface area contributed by atoms with Crippen LogP contribution in [0.3, 0.4) is 0 Å². The van der Waals surface area contributed by atoms with Gasteiger partial charge in [0, 0.05) is 9.90 Å². The molecule has 0 fully saturated rings. The van der Waals surface area contributed by atoms with Crippen LogP contribution < -0.4 is 20.1 Å². The Morgan fingerprint density at radius 1 is 1.12 bits per heavy atom. The summed E-state index contributed by atoms with van der Waals surface area (Å²) in [6.07, 6.45) is 2.68. The molecule has 3 aromatic rings. The van der Waals surface area contributed by atoms with E-state index in [2.05, 4.69) is 17.6 Å². The molecule has 2 aliphatic rings. The molecular weight excluding hydrogens is 460 g/mol. The highest BCUT2D eigenvalue weighted by atomic mass is 35.5. The first-order chi connectivity index (χ1) is 15.9. The number of rotatable bonds is 4. The number of methoxy groups -OCH3 is 1. The fraction of sp³-hybridized carbons (Fsp3) is 0.280. The SMILES string of the molecule is COc1cc([C@@H]2NC(=O)c3c(sc4c3CC[C@@H](C)C4)N2)ccc1OC(=O)c1ccc(Cl)cc1. The van der Waals surface area contributed by atoms with E-state index in [1.54, 1.807) is 47.7 Å². The van der Waals surface area contributed by atoms with Crippen molar-refractivity contribution in [3.8, 4) is 11.5 Å². The molecule has 1 aliphatic carbocycles. The van der Waals surface area contributed by atoms with Crippen molar-refractivity contribution in [3.05, 3.63) is 74.6 Å². The van der Waals surface area contributed by atoms with Gasteiger partial charge in [-0.2, -0.15) is 0 Å². The van der Waals surface area contributed by atoms with E-state index >= 15 is 0 Å². The molecule has 0 saturated carbocycles. The monoisotopic (exact) mass is 482 g/mol. The van der Waals surface area contributed by atoms with Gasteiger partial charge in [0.05, 0.1) is 18.2 Å². The number of thiophene rings is 1. The highest BCUT2D eigenvalue weighted by Gasteiger charge is 2.33. The van der Waals surface area contributed by atoms with E-state index in [0.29, 0.717) is 28.0 Å². The van der Waals surface area contributed by atoms with Crippen molar-refractivity contribution in [3.63, 3.8) is 0 Å². The summed E-state index contributed by atoms with van der Waals surface area (Å²) in [4.78, 5) is 26.8. The second-order valence-electron chi connectivity index (χ2n) is 8.41. The van der Waals surface area contributed by atoms with E-state index < -0.39 is 12.1 Å². The number of hydrogen-bond acceptors (Lipinski definition) is 6. The van der Waals surface area contributed by atoms with Gasteiger partial charge in [0.25, 0.3) is 5.91 Å². The Morgan fingerprint density at radius 3 is 2.67 bits per heavy atom. The number of hydrogen-bond donors (Lipinski definition) is 2. The maximum absolute atomic E-state index is 13.0. The van der Waals surface area contributed by atoms with E-state index in [4.69, 9.17) is 21.1 Å². The molecule has 5 rings (SSSR count). The standard InChI is InChI=1S/C25H23ClN2O4S/c1-13-3-9-17-20(11-13)33-24-21(17)23(29)27-22(28-24)15-6-10-18(19(12-15)31-2)32-25(30)14-4-7-16(26)8-5-14/h4-8,10,12-13,22,28H,3,9,11H2,1-2H3,(H,27,29)/t13-,22-/m1/s1. The molecule has 0 radical (unpaired) electrons. The topological polar surface area (TPSA) is 76.7 Å². The van der Waals surface area contributed by atoms with Crippen LogP contribution in [0.4, 0.5) is 5.00 Å². The number of benzene rings is 2. The molecule has 33 heavy (non-hydrogen) atoms. The average molecular weight is 483 g/mol. The Balaban J connectivity index is 1.38. The van der Waals surface area contributed by atoms with Crippen molar-refractivity contribution in [1.82, 2.24) is 5.32 Å². The molecule has 6 nitrogen and oxygen atoms in total. The average Bonchev–Trinajstić information content (AvgIpc) is 3.17. The highest BCUT2D eigenvalue weighted by molar-refractivity contribution is 7.16. The molecule has 0 unspecified atom stereocenters. The van der Waals surface area contributed by atoms with Crippen molar-refractivity contribution in [1.29, 1.82) is 0 Å². The van der Waals surface area contributed by atoms with Gasteiger partial charge in [-0.05, 0) is 72.7 Å². The summed E-state index contributed by atoms with van der Waals surface area (Å²) in [7, 11) is 1.51. The highest BCUT2D eigenvalue weighted by Crippen LogP contribution is 2.43. The minimum absolute atomic E-state index is 0.0574. The van der Waals surface area contributed by atoms with Gasteiger partial charge in [0.2, 0.25) is 0 Å². The first-order valence-corrected chi connectivity index (χ1v) is 12.0. The Bertz CT molecular complexity index is 1240. The molecule has 2 heterocycles. The minimum atomic E-state index is -0.509. The van der Waals surface area contributed by atoms with Gasteiger partial charge in [0.15, 0.2) is 11.5 Å². The number of carbonyl (C=O) groups excluding carboxylic acids is 2. The Hall–Kier alpha value is -3.03. The van der Waals surface area contributed by atoms with Crippen molar-refractivity contribution >= 4 is 39.8 Å². The lowest BCUT2D eigenvalue weighted by Crippen LogP contribution is -2.38. The number of nitrogens with one attached hydrogen (secondary N) is 2. The number of anilines is 1. The van der Waals surface area contributed by atoms with E-state index in [-0.39, 0.29) is 5.91 Å². The minimum Gasteiger partial charge on any atom is -0.493 e. The normalized spacial score (nSPS) is 19.1. The van der Waals surface area contributed by atoms with Crippen LogP contribution >= 0.6 is 22.9 Å². The van der Waals surface area contributed by atoms with Crippen LogP contribution in [-0.4, -0.2) is 19.0 Å². The van der Waals surface area contributed by atoms with E-state index in [1.165, 1.54) is 17.6 Å². The van der Waals surface area contributed by atoms with Crippen LogP contribution in [0.25, 0.3) is 0 Å². The zero-order chi connectivity index (χ0) is 23.1. The number of fused-ring (bicyclic) bond motifs is 3. The van der Waals surface area contributed by atoms with Crippen LogP contribution in [-0.2, 0) is 12.8 Å². The smallest absolute Gasteiger partial charge is 0.343 e. The fourth-order valence-electron chi connectivity index (χ4n) is 4.32. The van der Waals surface area contributed by atoms with Crippen LogP contribution in [0.1, 0.15) is 56.2 Å². The molecule has 0 spiro atoms. The molecular formula is C25H23ClN2O4S. The number of amides is 1. The van der Waals surface area contributed by atoms with Gasteiger partial charge < -0.3 is 20.1 Å². The molecule has 8 heteroatoms. The summed E-state index contributed by atoms with van der Waals surface area (Å²) < 4.78 is 11.0. The largest absolute Gasteiger partial charge is 0.493 e. The van der Waals surface area contributed by atoms with Gasteiger partial charge >= 0.3 is 5.97 Å². The maximum Gasteiger partial charge on any atom is 0.343 e. The van der Waals surface area contributed by atoms with Gasteiger partial charge in [-0.25, -0.2) is 4.79 Å². The summed E-state index contributed by atoms with van der Waals surface area (Å²) in [5.74, 6) is 0.771.